The molecule has 1 saturated carbocycles. The molecule has 0 radical (unpaired) electrons. The molecule has 2 aliphatic heterocycles. The van der Waals surface area contributed by atoms with Gasteiger partial charge in [0.05, 0.1) is 11.0 Å². The van der Waals surface area contributed by atoms with Crippen molar-refractivity contribution in [3.8, 4) is 11.5 Å². The van der Waals surface area contributed by atoms with Gasteiger partial charge in [0.25, 0.3) is 0 Å². The molecule has 21 heavy (non-hydrogen) atoms. The molecule has 7 heteroatoms. The molecule has 0 bridgehead atoms. The third-order valence-corrected chi connectivity index (χ3v) is 6.48. The van der Waals surface area contributed by atoms with E-state index in [1.54, 1.807) is 12.1 Å². The van der Waals surface area contributed by atoms with Crippen molar-refractivity contribution in [2.75, 3.05) is 26.3 Å². The zero-order valence-electron chi connectivity index (χ0n) is 11.4. The summed E-state index contributed by atoms with van der Waals surface area (Å²) in [5.74, 6) is 1.45. The predicted octanol–water partition coefficient (Wildman–Crippen LogP) is 0.459. The predicted molar refractivity (Wildman–Crippen MR) is 73.8 cm³/mol. The van der Waals surface area contributed by atoms with Gasteiger partial charge in [-0.3, -0.25) is 0 Å². The quantitative estimate of drug-likeness (QED) is 0.859. The van der Waals surface area contributed by atoms with Crippen LogP contribution < -0.4 is 9.47 Å². The van der Waals surface area contributed by atoms with Gasteiger partial charge in [0.2, 0.25) is 10.0 Å². The summed E-state index contributed by atoms with van der Waals surface area (Å²) in [5.41, 5.74) is 0. The molecule has 3 atom stereocenters. The van der Waals surface area contributed by atoms with Crippen LogP contribution in [-0.2, 0) is 10.0 Å². The van der Waals surface area contributed by atoms with Crippen LogP contribution in [0.25, 0.3) is 0 Å². The van der Waals surface area contributed by atoms with Crippen LogP contribution in [0.5, 0.6) is 11.5 Å². The van der Waals surface area contributed by atoms with E-state index >= 15 is 0 Å². The minimum absolute atomic E-state index is 0.0944. The third-order valence-electron chi connectivity index (χ3n) is 4.65. The topological polar surface area (TPSA) is 76.1 Å². The molecule has 1 aliphatic carbocycles. The maximum Gasteiger partial charge on any atom is 0.243 e. The van der Waals surface area contributed by atoms with Crippen molar-refractivity contribution in [3.05, 3.63) is 18.2 Å². The van der Waals surface area contributed by atoms with Crippen LogP contribution in [0.4, 0.5) is 0 Å². The highest BCUT2D eigenvalue weighted by Crippen LogP contribution is 2.43. The lowest BCUT2D eigenvalue weighted by Crippen LogP contribution is -2.39. The Balaban J connectivity index is 1.63. The van der Waals surface area contributed by atoms with Crippen LogP contribution in [0.2, 0.25) is 0 Å². The minimum atomic E-state index is -3.53. The smallest absolute Gasteiger partial charge is 0.243 e. The fourth-order valence-electron chi connectivity index (χ4n) is 3.36. The van der Waals surface area contributed by atoms with Gasteiger partial charge in [-0.1, -0.05) is 0 Å². The van der Waals surface area contributed by atoms with Gasteiger partial charge in [-0.25, -0.2) is 8.42 Å². The van der Waals surface area contributed by atoms with E-state index in [9.17, 15) is 13.5 Å². The van der Waals surface area contributed by atoms with E-state index in [2.05, 4.69) is 0 Å². The average molecular weight is 311 g/mol. The van der Waals surface area contributed by atoms with Crippen LogP contribution in [0.1, 0.15) is 6.42 Å². The fourth-order valence-corrected chi connectivity index (χ4v) is 4.91. The van der Waals surface area contributed by atoms with E-state index in [0.717, 1.165) is 0 Å². The monoisotopic (exact) mass is 311 g/mol. The van der Waals surface area contributed by atoms with Gasteiger partial charge in [-0.2, -0.15) is 4.31 Å². The Morgan fingerprint density at radius 2 is 1.90 bits per heavy atom. The Morgan fingerprint density at radius 1 is 1.14 bits per heavy atom. The Bertz CT molecular complexity index is 674. The van der Waals surface area contributed by atoms with Crippen LogP contribution in [0.15, 0.2) is 23.1 Å². The number of aliphatic hydroxyl groups is 1. The third kappa shape index (κ3) is 2.03. The maximum absolute atomic E-state index is 12.7. The number of hydrogen-bond donors (Lipinski definition) is 1. The molecular weight excluding hydrogens is 294 g/mol. The Labute approximate surface area is 123 Å². The second-order valence-corrected chi connectivity index (χ2v) is 7.79. The summed E-state index contributed by atoms with van der Waals surface area (Å²) in [6.07, 6.45) is 0.355. The molecule has 1 N–H and O–H groups in total. The van der Waals surface area contributed by atoms with Crippen LogP contribution >= 0.6 is 0 Å². The van der Waals surface area contributed by atoms with Crippen LogP contribution in [0, 0.1) is 11.8 Å². The van der Waals surface area contributed by atoms with E-state index in [-0.39, 0.29) is 16.9 Å². The molecule has 0 amide bonds. The van der Waals surface area contributed by atoms with E-state index < -0.39 is 10.0 Å². The summed E-state index contributed by atoms with van der Waals surface area (Å²) in [4.78, 5) is 0.225. The first-order chi connectivity index (χ1) is 10.1. The second-order valence-electron chi connectivity index (χ2n) is 5.85. The van der Waals surface area contributed by atoms with Gasteiger partial charge in [0.1, 0.15) is 13.2 Å². The molecule has 6 nitrogen and oxygen atoms in total. The average Bonchev–Trinajstić information content (AvgIpc) is 2.84. The van der Waals surface area contributed by atoms with Crippen molar-refractivity contribution in [1.82, 2.24) is 4.31 Å². The Morgan fingerprint density at radius 3 is 2.62 bits per heavy atom. The largest absolute Gasteiger partial charge is 0.486 e. The van der Waals surface area contributed by atoms with Crippen LogP contribution in [0.3, 0.4) is 0 Å². The standard InChI is InChI=1S/C14H17NO5S/c16-12-5-9-7-15(8-11(9)12)21(17,18)10-1-2-13-14(6-10)20-4-3-19-13/h1-2,6,9,11-12,16H,3-5,7-8H2/t9-,11+,12+/m1/s1. The summed E-state index contributed by atoms with van der Waals surface area (Å²) >= 11 is 0. The summed E-state index contributed by atoms with van der Waals surface area (Å²) < 4.78 is 37.7. The Hall–Kier alpha value is -1.31. The molecule has 3 aliphatic rings. The van der Waals surface area contributed by atoms with Crippen molar-refractivity contribution >= 4 is 10.0 Å². The number of ether oxygens (including phenoxy) is 2. The maximum atomic E-state index is 12.7. The molecule has 4 rings (SSSR count). The zero-order chi connectivity index (χ0) is 14.6. The van der Waals surface area contributed by atoms with Crippen molar-refractivity contribution < 1.29 is 23.0 Å². The molecule has 2 fully saturated rings. The van der Waals surface area contributed by atoms with Gasteiger partial charge in [-0.15, -0.1) is 0 Å². The summed E-state index contributed by atoms with van der Waals surface area (Å²) in [6, 6.07) is 4.72. The van der Waals surface area contributed by atoms with Gasteiger partial charge in [0, 0.05) is 25.1 Å². The van der Waals surface area contributed by atoms with E-state index in [1.165, 1.54) is 10.4 Å². The molecule has 0 unspecified atom stereocenters. The molecule has 2 heterocycles. The minimum Gasteiger partial charge on any atom is -0.486 e. The molecule has 1 aromatic carbocycles. The number of fused-ring (bicyclic) bond motifs is 2. The molecule has 114 valence electrons. The highest BCUT2D eigenvalue weighted by molar-refractivity contribution is 7.89. The van der Waals surface area contributed by atoms with E-state index in [1.807, 2.05) is 0 Å². The van der Waals surface area contributed by atoms with Crippen molar-refractivity contribution in [2.24, 2.45) is 11.8 Å². The van der Waals surface area contributed by atoms with E-state index in [4.69, 9.17) is 9.47 Å². The number of nitrogens with zero attached hydrogens (tertiary/aromatic N) is 1. The molecule has 1 aromatic rings. The number of hydrogen-bond acceptors (Lipinski definition) is 5. The van der Waals surface area contributed by atoms with Crippen molar-refractivity contribution in [3.63, 3.8) is 0 Å². The second kappa shape index (κ2) is 4.59. The molecule has 0 aromatic heterocycles. The number of rotatable bonds is 2. The summed E-state index contributed by atoms with van der Waals surface area (Å²) in [7, 11) is -3.53. The van der Waals surface area contributed by atoms with Gasteiger partial charge in [0.15, 0.2) is 11.5 Å². The highest BCUT2D eigenvalue weighted by atomic mass is 32.2. The first-order valence-corrected chi connectivity index (χ1v) is 8.57. The van der Waals surface area contributed by atoms with Crippen molar-refractivity contribution in [2.45, 2.75) is 17.4 Å². The summed E-state index contributed by atoms with van der Waals surface area (Å²) in [6.45, 7) is 1.81. The lowest BCUT2D eigenvalue weighted by molar-refractivity contribution is -0.00416. The SMILES string of the molecule is O=S(=O)(c1ccc2c(c1)OCCO2)N1C[C@H]2C[C@H](O)[C@H]2C1. The first-order valence-electron chi connectivity index (χ1n) is 7.13. The first kappa shape index (κ1) is 13.4. The summed E-state index contributed by atoms with van der Waals surface area (Å²) in [5, 5.41) is 9.67. The molecule has 0 spiro atoms. The van der Waals surface area contributed by atoms with Gasteiger partial charge >= 0.3 is 0 Å². The normalized spacial score (nSPS) is 31.6. The van der Waals surface area contributed by atoms with Crippen LogP contribution in [-0.4, -0.2) is 50.2 Å². The fraction of sp³-hybridized carbons (Fsp3) is 0.571. The van der Waals surface area contributed by atoms with Gasteiger partial charge in [-0.05, 0) is 24.5 Å². The number of benzene rings is 1. The Kier molecular flexibility index (Phi) is 2.92. The van der Waals surface area contributed by atoms with Gasteiger partial charge < -0.3 is 14.6 Å². The zero-order valence-corrected chi connectivity index (χ0v) is 12.3. The van der Waals surface area contributed by atoms with E-state index in [0.29, 0.717) is 50.1 Å². The van der Waals surface area contributed by atoms with Crippen molar-refractivity contribution in [1.29, 1.82) is 0 Å². The molecule has 1 saturated heterocycles. The number of sulfonamides is 1. The molecular formula is C14H17NO5S. The number of aliphatic hydroxyl groups excluding tert-OH is 1. The lowest BCUT2D eigenvalue weighted by atomic mass is 9.74. The lowest BCUT2D eigenvalue weighted by Gasteiger charge is -2.34. The highest BCUT2D eigenvalue weighted by Gasteiger charge is 2.49.